The van der Waals surface area contributed by atoms with Gasteiger partial charge in [0.05, 0.1) is 4.47 Å². The summed E-state index contributed by atoms with van der Waals surface area (Å²) < 4.78 is 6.61. The van der Waals surface area contributed by atoms with Gasteiger partial charge in [0.15, 0.2) is 6.10 Å². The third-order valence-electron chi connectivity index (χ3n) is 3.38. The summed E-state index contributed by atoms with van der Waals surface area (Å²) in [6.07, 6.45) is 1.34. The molecule has 0 saturated heterocycles. The summed E-state index contributed by atoms with van der Waals surface area (Å²) in [4.78, 5) is 12.1. The highest BCUT2D eigenvalue weighted by Gasteiger charge is 2.18. The van der Waals surface area contributed by atoms with Crippen LogP contribution < -0.4 is 15.4 Å². The molecule has 0 spiro atoms. The van der Waals surface area contributed by atoms with E-state index in [1.807, 2.05) is 25.2 Å². The Labute approximate surface area is 135 Å². The minimum atomic E-state index is -0.517. The summed E-state index contributed by atoms with van der Waals surface area (Å²) >= 11 is 3.49. The molecule has 0 aliphatic heterocycles. The Morgan fingerprint density at radius 2 is 2.00 bits per heavy atom. The number of halogens is 1. The fraction of sp³-hybridized carbons (Fsp3) is 0.562. The average Bonchev–Trinajstić information content (AvgIpc) is 2.47. The fourth-order valence-electron chi connectivity index (χ4n) is 2.01. The van der Waals surface area contributed by atoms with Gasteiger partial charge in [-0.25, -0.2) is 0 Å². The van der Waals surface area contributed by atoms with Crippen LogP contribution in [0.3, 0.4) is 0 Å². The maximum absolute atomic E-state index is 12.1. The maximum atomic E-state index is 12.1. The smallest absolute Gasteiger partial charge is 0.260 e. The van der Waals surface area contributed by atoms with Crippen molar-refractivity contribution in [3.05, 3.63) is 28.2 Å². The molecule has 0 heterocycles. The molecule has 1 atom stereocenters. The van der Waals surface area contributed by atoms with Crippen LogP contribution in [0.15, 0.2) is 22.7 Å². The Hall–Kier alpha value is -1.07. The number of amides is 1. The lowest BCUT2D eigenvalue weighted by atomic mass is 10.1. The van der Waals surface area contributed by atoms with Crippen LogP contribution in [-0.2, 0) is 11.3 Å². The molecular weight excluding hydrogens is 332 g/mol. The van der Waals surface area contributed by atoms with E-state index < -0.39 is 6.10 Å². The molecule has 0 bridgehead atoms. The molecule has 5 heteroatoms. The first-order chi connectivity index (χ1) is 10.0. The average molecular weight is 357 g/mol. The quantitative estimate of drug-likeness (QED) is 0.751. The number of carbonyl (C=O) groups excluding carboxylic acids is 1. The number of ether oxygens (including phenoxy) is 1. The summed E-state index contributed by atoms with van der Waals surface area (Å²) in [6, 6.07) is 6.09. The first-order valence-corrected chi connectivity index (χ1v) is 8.21. The molecule has 1 aromatic carbocycles. The number of benzene rings is 1. The summed E-state index contributed by atoms with van der Waals surface area (Å²) in [6.45, 7) is 6.70. The van der Waals surface area contributed by atoms with Gasteiger partial charge in [0.1, 0.15) is 5.75 Å². The molecule has 4 nitrogen and oxygen atoms in total. The van der Waals surface area contributed by atoms with Crippen LogP contribution in [-0.4, -0.2) is 25.1 Å². The number of nitrogens with one attached hydrogen (secondary N) is 2. The van der Waals surface area contributed by atoms with Crippen molar-refractivity contribution in [1.82, 2.24) is 10.6 Å². The van der Waals surface area contributed by atoms with Crippen molar-refractivity contribution in [2.45, 2.75) is 52.3 Å². The van der Waals surface area contributed by atoms with Gasteiger partial charge >= 0.3 is 0 Å². The second-order valence-corrected chi connectivity index (χ2v) is 5.93. The fourth-order valence-corrected chi connectivity index (χ4v) is 2.53. The lowest BCUT2D eigenvalue weighted by Gasteiger charge is -2.20. The molecule has 0 aliphatic rings. The number of rotatable bonds is 8. The van der Waals surface area contributed by atoms with Crippen molar-refractivity contribution < 1.29 is 9.53 Å². The van der Waals surface area contributed by atoms with Crippen molar-refractivity contribution in [1.29, 1.82) is 0 Å². The van der Waals surface area contributed by atoms with Gasteiger partial charge in [-0.3, -0.25) is 4.79 Å². The zero-order chi connectivity index (χ0) is 15.8. The third-order valence-corrected chi connectivity index (χ3v) is 4.00. The van der Waals surface area contributed by atoms with Crippen LogP contribution in [0.25, 0.3) is 0 Å². The topological polar surface area (TPSA) is 50.4 Å². The second kappa shape index (κ2) is 9.05. The highest BCUT2D eigenvalue weighted by Crippen LogP contribution is 2.27. The molecule has 0 fully saturated rings. The number of carbonyl (C=O) groups is 1. The largest absolute Gasteiger partial charge is 0.480 e. The van der Waals surface area contributed by atoms with Crippen molar-refractivity contribution in [2.24, 2.45) is 0 Å². The normalized spacial score (nSPS) is 12.3. The number of hydrogen-bond acceptors (Lipinski definition) is 3. The van der Waals surface area contributed by atoms with Gasteiger partial charge < -0.3 is 15.4 Å². The van der Waals surface area contributed by atoms with E-state index in [9.17, 15) is 4.79 Å². The van der Waals surface area contributed by atoms with Crippen LogP contribution in [0.5, 0.6) is 5.75 Å². The molecule has 1 aromatic rings. The van der Waals surface area contributed by atoms with E-state index in [0.29, 0.717) is 5.75 Å². The zero-order valence-corrected chi connectivity index (χ0v) is 14.8. The van der Waals surface area contributed by atoms with Crippen LogP contribution in [0.2, 0.25) is 0 Å². The van der Waals surface area contributed by atoms with Gasteiger partial charge in [-0.2, -0.15) is 0 Å². The molecule has 2 N–H and O–H groups in total. The minimum Gasteiger partial charge on any atom is -0.480 e. The Balaban J connectivity index is 2.65. The molecule has 1 rings (SSSR count). The molecule has 1 amide bonds. The monoisotopic (exact) mass is 356 g/mol. The van der Waals surface area contributed by atoms with E-state index in [-0.39, 0.29) is 11.9 Å². The van der Waals surface area contributed by atoms with E-state index in [0.717, 1.165) is 29.4 Å². The van der Waals surface area contributed by atoms with Gasteiger partial charge in [0.2, 0.25) is 0 Å². The molecule has 0 aromatic heterocycles. The lowest BCUT2D eigenvalue weighted by molar-refractivity contribution is -0.128. The maximum Gasteiger partial charge on any atom is 0.260 e. The summed E-state index contributed by atoms with van der Waals surface area (Å²) in [5.41, 5.74) is 1.16. The van der Waals surface area contributed by atoms with E-state index in [1.54, 1.807) is 6.92 Å². The van der Waals surface area contributed by atoms with Gasteiger partial charge in [-0.15, -0.1) is 0 Å². The van der Waals surface area contributed by atoms with Gasteiger partial charge in [0, 0.05) is 12.6 Å². The van der Waals surface area contributed by atoms with Crippen LogP contribution in [0.4, 0.5) is 0 Å². The highest BCUT2D eigenvalue weighted by atomic mass is 79.9. The minimum absolute atomic E-state index is 0.0742. The van der Waals surface area contributed by atoms with Gasteiger partial charge in [0.25, 0.3) is 5.91 Å². The van der Waals surface area contributed by atoms with Crippen LogP contribution in [0, 0.1) is 0 Å². The number of hydrogen-bond donors (Lipinski definition) is 2. The molecule has 0 radical (unpaired) electrons. The van der Waals surface area contributed by atoms with Crippen molar-refractivity contribution in [3.8, 4) is 5.75 Å². The van der Waals surface area contributed by atoms with Gasteiger partial charge in [-0.1, -0.05) is 19.9 Å². The van der Waals surface area contributed by atoms with E-state index in [4.69, 9.17) is 4.74 Å². The summed E-state index contributed by atoms with van der Waals surface area (Å²) in [5, 5.41) is 6.10. The van der Waals surface area contributed by atoms with Crippen LogP contribution in [0.1, 0.15) is 39.2 Å². The lowest BCUT2D eigenvalue weighted by Crippen LogP contribution is -2.42. The Kier molecular flexibility index (Phi) is 7.75. The van der Waals surface area contributed by atoms with Crippen molar-refractivity contribution in [3.63, 3.8) is 0 Å². The zero-order valence-electron chi connectivity index (χ0n) is 13.2. The first-order valence-electron chi connectivity index (χ1n) is 7.41. The summed E-state index contributed by atoms with van der Waals surface area (Å²) in [5.74, 6) is 0.608. The molecular formula is C16H25BrN2O2. The predicted molar refractivity (Wildman–Crippen MR) is 89.5 cm³/mol. The van der Waals surface area contributed by atoms with Gasteiger partial charge in [-0.05, 0) is 60.4 Å². The first kappa shape index (κ1) is 18.0. The van der Waals surface area contributed by atoms with E-state index in [1.165, 1.54) is 0 Å². The molecule has 0 aliphatic carbocycles. The SMILES string of the molecule is CCC(CC)NC(=O)C(C)Oc1ccc(CNC)cc1Br. The predicted octanol–water partition coefficient (Wildman–Crippen LogP) is 3.24. The summed E-state index contributed by atoms with van der Waals surface area (Å²) in [7, 11) is 1.91. The van der Waals surface area contributed by atoms with Crippen molar-refractivity contribution in [2.75, 3.05) is 7.05 Å². The van der Waals surface area contributed by atoms with E-state index in [2.05, 4.69) is 40.4 Å². The Morgan fingerprint density at radius 3 is 2.52 bits per heavy atom. The third kappa shape index (κ3) is 5.67. The van der Waals surface area contributed by atoms with Crippen LogP contribution >= 0.6 is 15.9 Å². The molecule has 1 unspecified atom stereocenters. The second-order valence-electron chi connectivity index (χ2n) is 5.08. The Morgan fingerprint density at radius 1 is 1.33 bits per heavy atom. The molecule has 118 valence electrons. The molecule has 21 heavy (non-hydrogen) atoms. The highest BCUT2D eigenvalue weighted by molar-refractivity contribution is 9.10. The van der Waals surface area contributed by atoms with E-state index >= 15 is 0 Å². The molecule has 0 saturated carbocycles. The Bertz CT molecular complexity index is 462. The van der Waals surface area contributed by atoms with Crippen molar-refractivity contribution >= 4 is 21.8 Å². The standard InChI is InChI=1S/C16H25BrN2O2/c1-5-13(6-2)19-16(20)11(3)21-15-8-7-12(10-18-4)9-14(15)17/h7-9,11,13,18H,5-6,10H2,1-4H3,(H,19,20).